The first kappa shape index (κ1) is 15.0. The summed E-state index contributed by atoms with van der Waals surface area (Å²) in [6.45, 7) is 0. The Hall–Kier alpha value is -2.41. The van der Waals surface area contributed by atoms with Crippen LogP contribution in [0.15, 0.2) is 30.3 Å². The van der Waals surface area contributed by atoms with Crippen LogP contribution >= 0.6 is 0 Å². The van der Waals surface area contributed by atoms with E-state index in [-0.39, 0.29) is 19.3 Å². The van der Waals surface area contributed by atoms with Gasteiger partial charge in [0, 0.05) is 12.8 Å². The third-order valence-corrected chi connectivity index (χ3v) is 2.89. The van der Waals surface area contributed by atoms with E-state index in [0.717, 1.165) is 5.56 Å². The van der Waals surface area contributed by atoms with Gasteiger partial charge in [-0.05, 0) is 12.0 Å². The molecular formula is C14H19N3O4. The lowest BCUT2D eigenvalue weighted by molar-refractivity contribution is -0.142. The largest absolute Gasteiger partial charge is 0.480 e. The van der Waals surface area contributed by atoms with Crippen molar-refractivity contribution in [1.82, 2.24) is 5.32 Å². The lowest BCUT2D eigenvalue weighted by atomic mass is 10.0. The zero-order valence-electron chi connectivity index (χ0n) is 12.4. The maximum absolute atomic E-state index is 12.0. The van der Waals surface area contributed by atoms with Gasteiger partial charge in [-0.3, -0.25) is 9.59 Å². The Kier molecular flexibility index (Phi) is 5.71. The van der Waals surface area contributed by atoms with E-state index in [2.05, 4.69) is 5.32 Å². The molecule has 1 aromatic rings. The molecule has 0 fully saturated rings. The number of nitrogens with two attached hydrogens (primary N) is 2. The molecule has 0 aliphatic heterocycles. The molecule has 114 valence electrons. The molecule has 21 heavy (non-hydrogen) atoms. The predicted molar refractivity (Wildman–Crippen MR) is 76.1 cm³/mol. The number of amides is 2. The van der Waals surface area contributed by atoms with E-state index in [4.69, 9.17) is 7.15 Å². The quantitative estimate of drug-likeness (QED) is 0.482. The van der Waals surface area contributed by atoms with E-state index in [1.807, 2.05) is 11.8 Å². The van der Waals surface area contributed by atoms with Crippen LogP contribution in [0.3, 0.4) is 0 Å². The van der Waals surface area contributed by atoms with Crippen LogP contribution in [0.25, 0.3) is 0 Å². The number of primary amides is 1. The van der Waals surface area contributed by atoms with Crippen LogP contribution in [-0.2, 0) is 20.8 Å². The van der Waals surface area contributed by atoms with Crippen molar-refractivity contribution in [3.63, 3.8) is 0 Å². The molecule has 0 aliphatic carbocycles. The van der Waals surface area contributed by atoms with E-state index in [1.54, 1.807) is 24.3 Å². The molecule has 1 aromatic carbocycles. The van der Waals surface area contributed by atoms with Crippen molar-refractivity contribution in [3.05, 3.63) is 35.9 Å². The highest BCUT2D eigenvalue weighted by Crippen LogP contribution is 2.04. The maximum atomic E-state index is 12.0. The standard InChI is InChI=1S/C14H19N3O4/c15-10(6-7-12(16)18)13(19)17-11(14(20)21)8-9-4-2-1-3-5-9/h1-5,10-11H,6-8,15H2,(H2,16,18)(H,17,19)(H,20,21)/t10-,11-/m0/s1/i/hD. The van der Waals surface area contributed by atoms with Gasteiger partial charge in [-0.15, -0.1) is 0 Å². The molecule has 7 nitrogen and oxygen atoms in total. The number of hydrogen-bond acceptors (Lipinski definition) is 4. The molecule has 0 unspecified atom stereocenters. The Balaban J connectivity index is 2.66. The predicted octanol–water partition coefficient (Wildman–Crippen LogP) is -0.609. The summed E-state index contributed by atoms with van der Waals surface area (Å²) in [5.74, 6) is -2.41. The van der Waals surface area contributed by atoms with Crippen LogP contribution < -0.4 is 16.8 Å². The number of carboxylic acid groups (broad SMARTS) is 1. The summed E-state index contributed by atoms with van der Waals surface area (Å²) in [6.07, 6.45) is 0.0885. The summed E-state index contributed by atoms with van der Waals surface area (Å²) in [5, 5.41) is 11.6. The van der Waals surface area contributed by atoms with Crippen molar-refractivity contribution in [2.45, 2.75) is 31.3 Å². The number of nitrogens with one attached hydrogen (secondary N) is 1. The molecule has 0 saturated carbocycles. The van der Waals surface area contributed by atoms with Gasteiger partial charge in [0.25, 0.3) is 0 Å². The zero-order chi connectivity index (χ0) is 16.5. The Morgan fingerprint density at radius 1 is 1.29 bits per heavy atom. The van der Waals surface area contributed by atoms with Crippen molar-refractivity contribution >= 4 is 17.8 Å². The highest BCUT2D eigenvalue weighted by atomic mass is 16.4. The number of aliphatic carboxylic acids is 1. The summed E-state index contributed by atoms with van der Waals surface area (Å²) < 4.78 is 7.10. The second-order valence-electron chi connectivity index (χ2n) is 4.65. The molecule has 1 rings (SSSR count). The fourth-order valence-electron chi connectivity index (χ4n) is 1.74. The lowest BCUT2D eigenvalue weighted by Crippen LogP contribution is -2.49. The van der Waals surface area contributed by atoms with E-state index < -0.39 is 29.9 Å². The molecule has 2 amide bonds. The fraction of sp³-hybridized carbons (Fsp3) is 0.357. The van der Waals surface area contributed by atoms with E-state index in [1.165, 1.54) is 0 Å². The number of carbonyl (C=O) groups is 3. The highest BCUT2D eigenvalue weighted by Gasteiger charge is 2.23. The summed E-state index contributed by atoms with van der Waals surface area (Å²) >= 11 is 0. The topological polar surface area (TPSA) is 136 Å². The van der Waals surface area contributed by atoms with Crippen LogP contribution in [0.1, 0.15) is 18.4 Å². The molecule has 0 spiro atoms. The van der Waals surface area contributed by atoms with Crippen LogP contribution in [0, 0.1) is 0 Å². The minimum atomic E-state index is -1.17. The number of benzene rings is 1. The Labute approximate surface area is 123 Å². The molecule has 0 saturated heterocycles. The first-order valence-corrected chi connectivity index (χ1v) is 6.46. The molecule has 0 aromatic heterocycles. The number of carboxylic acids is 1. The van der Waals surface area contributed by atoms with Crippen molar-refractivity contribution in [2.24, 2.45) is 11.5 Å². The van der Waals surface area contributed by atoms with Gasteiger partial charge in [0.2, 0.25) is 11.8 Å². The average Bonchev–Trinajstić information content (AvgIpc) is 2.47. The van der Waals surface area contributed by atoms with Crippen molar-refractivity contribution < 1.29 is 20.9 Å². The van der Waals surface area contributed by atoms with Gasteiger partial charge in [-0.25, -0.2) is 4.79 Å². The highest BCUT2D eigenvalue weighted by molar-refractivity contribution is 5.87. The molecule has 0 heterocycles. The first-order chi connectivity index (χ1) is 10.4. The minimum absolute atomic E-state index is 0.0301. The van der Waals surface area contributed by atoms with Gasteiger partial charge in [0.05, 0.1) is 6.04 Å². The summed E-state index contributed by atoms with van der Waals surface area (Å²) in [7, 11) is 0. The van der Waals surface area contributed by atoms with Crippen LogP contribution in [-0.4, -0.2) is 35.0 Å². The monoisotopic (exact) mass is 294 g/mol. The van der Waals surface area contributed by atoms with Crippen LogP contribution in [0.4, 0.5) is 0 Å². The van der Waals surface area contributed by atoms with Crippen LogP contribution in [0.2, 0.25) is 1.41 Å². The van der Waals surface area contributed by atoms with E-state index >= 15 is 0 Å². The van der Waals surface area contributed by atoms with E-state index in [9.17, 15) is 19.5 Å². The number of rotatable bonds is 9. The van der Waals surface area contributed by atoms with Gasteiger partial charge >= 0.3 is 5.97 Å². The molecular weight excluding hydrogens is 274 g/mol. The fourth-order valence-corrected chi connectivity index (χ4v) is 1.74. The second-order valence-corrected chi connectivity index (χ2v) is 4.65. The van der Waals surface area contributed by atoms with Gasteiger partial charge in [0.15, 0.2) is 0 Å². The molecule has 0 radical (unpaired) electrons. The first-order valence-electron chi connectivity index (χ1n) is 6.96. The summed E-state index contributed by atoms with van der Waals surface area (Å²) in [6, 6.07) is 6.77. The van der Waals surface area contributed by atoms with Crippen molar-refractivity contribution in [3.8, 4) is 0 Å². The molecule has 0 bridgehead atoms. The lowest BCUT2D eigenvalue weighted by Gasteiger charge is -2.17. The zero-order valence-corrected chi connectivity index (χ0v) is 11.4. The van der Waals surface area contributed by atoms with Gasteiger partial charge in [-0.2, -0.15) is 0 Å². The van der Waals surface area contributed by atoms with E-state index in [0.29, 0.717) is 0 Å². The van der Waals surface area contributed by atoms with Gasteiger partial charge < -0.3 is 21.9 Å². The number of carbonyl (C=O) groups excluding carboxylic acids is 2. The van der Waals surface area contributed by atoms with Gasteiger partial charge in [0.1, 0.15) is 7.45 Å². The molecule has 2 atom stereocenters. The normalized spacial score (nSPS) is 13.8. The molecule has 0 aliphatic rings. The summed E-state index contributed by atoms with van der Waals surface area (Å²) in [5.41, 5.74) is 7.76. The smallest absolute Gasteiger partial charge is 0.326 e. The maximum Gasteiger partial charge on any atom is 0.326 e. The average molecular weight is 294 g/mol. The molecule has 7 heteroatoms. The minimum Gasteiger partial charge on any atom is -0.480 e. The number of hydrogen-bond donors (Lipinski definition) is 4. The third kappa shape index (κ3) is 6.05. The van der Waals surface area contributed by atoms with Crippen LogP contribution in [0.5, 0.6) is 0 Å². The van der Waals surface area contributed by atoms with Crippen molar-refractivity contribution in [1.29, 1.82) is 0 Å². The third-order valence-electron chi connectivity index (χ3n) is 2.89. The second kappa shape index (κ2) is 8.01. The SMILES string of the molecule is [2H]N[C@@H](CCC(N)=O)C(=O)N[C@@H](Cc1ccccc1)C(=O)O. The Bertz CT molecular complexity index is 524. The summed E-state index contributed by atoms with van der Waals surface area (Å²) in [4.78, 5) is 34.0. The Morgan fingerprint density at radius 2 is 1.95 bits per heavy atom. The van der Waals surface area contributed by atoms with Gasteiger partial charge in [-0.1, -0.05) is 30.3 Å². The van der Waals surface area contributed by atoms with Crippen molar-refractivity contribution in [2.75, 3.05) is 0 Å². The Morgan fingerprint density at radius 3 is 2.48 bits per heavy atom. The molecule has 6 N–H and O–H groups in total.